The highest BCUT2D eigenvalue weighted by Gasteiger charge is 2.16. The Kier molecular flexibility index (Phi) is 5.32. The van der Waals surface area contributed by atoms with Crippen LogP contribution in [0.4, 0.5) is 8.78 Å². The Balaban J connectivity index is 1.77. The summed E-state index contributed by atoms with van der Waals surface area (Å²) in [5.74, 6) is -2.05. The van der Waals surface area contributed by atoms with Crippen molar-refractivity contribution in [1.29, 1.82) is 0 Å². The van der Waals surface area contributed by atoms with Crippen LogP contribution < -0.4 is 10.3 Å². The van der Waals surface area contributed by atoms with Crippen molar-refractivity contribution in [3.05, 3.63) is 87.6 Å². The van der Waals surface area contributed by atoms with Crippen molar-refractivity contribution in [2.45, 2.75) is 12.2 Å². The molecule has 160 valence electrons. The molecule has 31 heavy (non-hydrogen) atoms. The lowest BCUT2D eigenvalue weighted by Gasteiger charge is -2.12. The minimum atomic E-state index is -3.31. The second-order valence-corrected chi connectivity index (χ2v) is 9.28. The Labute approximate surface area is 175 Å². The molecular formula is C21H17F2N3O4S. The average Bonchev–Trinajstić information content (AvgIpc) is 3.09. The highest BCUT2D eigenvalue weighted by Crippen LogP contribution is 2.30. The zero-order chi connectivity index (χ0) is 22.2. The molecule has 10 heteroatoms. The van der Waals surface area contributed by atoms with Crippen LogP contribution in [-0.4, -0.2) is 29.6 Å². The van der Waals surface area contributed by atoms with Gasteiger partial charge in [-0.2, -0.15) is 0 Å². The van der Waals surface area contributed by atoms with Crippen LogP contribution in [0.15, 0.2) is 53.7 Å². The number of H-pyrrole nitrogens is 2. The lowest BCUT2D eigenvalue weighted by molar-refractivity contribution is 0.419. The van der Waals surface area contributed by atoms with Crippen molar-refractivity contribution in [2.24, 2.45) is 0 Å². The highest BCUT2D eigenvalue weighted by molar-refractivity contribution is 7.89. The maximum atomic E-state index is 14.1. The van der Waals surface area contributed by atoms with Crippen molar-refractivity contribution < 1.29 is 21.9 Å². The van der Waals surface area contributed by atoms with Crippen molar-refractivity contribution in [3.63, 3.8) is 0 Å². The summed E-state index contributed by atoms with van der Waals surface area (Å²) >= 11 is 0. The lowest BCUT2D eigenvalue weighted by Crippen LogP contribution is -2.05. The second kappa shape index (κ2) is 7.95. The van der Waals surface area contributed by atoms with Crippen LogP contribution in [0, 0.1) is 11.6 Å². The summed E-state index contributed by atoms with van der Waals surface area (Å²) in [6.45, 7) is 0. The highest BCUT2D eigenvalue weighted by atomic mass is 32.2. The molecule has 3 aromatic heterocycles. The Hall–Kier alpha value is -3.53. The lowest BCUT2D eigenvalue weighted by atomic mass is 10.0. The Bertz CT molecular complexity index is 1440. The smallest absolute Gasteiger partial charge is 0.272 e. The first-order valence-electron chi connectivity index (χ1n) is 9.16. The van der Waals surface area contributed by atoms with E-state index in [-0.39, 0.29) is 29.4 Å². The second-order valence-electron chi connectivity index (χ2n) is 7.14. The molecule has 0 unspecified atom stereocenters. The van der Waals surface area contributed by atoms with Crippen LogP contribution in [0.25, 0.3) is 10.9 Å². The number of pyridine rings is 2. The molecule has 0 amide bonds. The summed E-state index contributed by atoms with van der Waals surface area (Å²) in [6, 6.07) is 6.24. The normalized spacial score (nSPS) is 11.7. The molecule has 4 rings (SSSR count). The molecule has 0 aliphatic carbocycles. The third-order valence-corrected chi connectivity index (χ3v) is 5.45. The summed E-state index contributed by atoms with van der Waals surface area (Å²) in [4.78, 5) is 21.6. The molecule has 0 aliphatic heterocycles. The quantitative estimate of drug-likeness (QED) is 0.473. The molecule has 4 aromatic rings. The summed E-state index contributed by atoms with van der Waals surface area (Å²) in [5, 5.41) is 0.677. The van der Waals surface area contributed by atoms with Crippen LogP contribution in [-0.2, 0) is 22.0 Å². The van der Waals surface area contributed by atoms with Gasteiger partial charge in [0.15, 0.2) is 21.4 Å². The van der Waals surface area contributed by atoms with E-state index < -0.39 is 21.5 Å². The molecule has 0 spiro atoms. The number of aromatic amines is 2. The maximum absolute atomic E-state index is 14.1. The topological polar surface area (TPSA) is 105 Å². The first-order chi connectivity index (χ1) is 14.7. The van der Waals surface area contributed by atoms with Gasteiger partial charge in [0.2, 0.25) is 5.88 Å². The molecule has 0 fully saturated rings. The van der Waals surface area contributed by atoms with E-state index in [1.54, 1.807) is 18.3 Å². The number of hydrogen-bond donors (Lipinski definition) is 2. The Morgan fingerprint density at radius 2 is 1.90 bits per heavy atom. The molecule has 0 atom stereocenters. The van der Waals surface area contributed by atoms with Gasteiger partial charge in [0.05, 0.1) is 5.75 Å². The van der Waals surface area contributed by atoms with Gasteiger partial charge < -0.3 is 14.7 Å². The molecular weight excluding hydrogens is 428 g/mol. The van der Waals surface area contributed by atoms with Crippen molar-refractivity contribution in [1.82, 2.24) is 15.0 Å². The van der Waals surface area contributed by atoms with Gasteiger partial charge in [-0.1, -0.05) is 0 Å². The summed E-state index contributed by atoms with van der Waals surface area (Å²) < 4.78 is 56.3. The zero-order valence-electron chi connectivity index (χ0n) is 16.3. The van der Waals surface area contributed by atoms with Gasteiger partial charge in [-0.05, 0) is 35.4 Å². The summed E-state index contributed by atoms with van der Waals surface area (Å²) in [6.07, 6.45) is 5.85. The Morgan fingerprint density at radius 1 is 1.10 bits per heavy atom. The molecule has 2 N–H and O–H groups in total. The van der Waals surface area contributed by atoms with Gasteiger partial charge in [0.25, 0.3) is 5.56 Å². The van der Waals surface area contributed by atoms with Crippen LogP contribution in [0.3, 0.4) is 0 Å². The SMILES string of the molecule is CS(=O)(=O)Cc1cnc(Oc2ccc(F)cc2F)c(Cc2c[nH]c3c(=O)[nH]ccc23)c1. The van der Waals surface area contributed by atoms with Crippen LogP contribution in [0.2, 0.25) is 0 Å². The zero-order valence-corrected chi connectivity index (χ0v) is 17.1. The van der Waals surface area contributed by atoms with Gasteiger partial charge in [0, 0.05) is 48.3 Å². The first-order valence-corrected chi connectivity index (χ1v) is 11.2. The van der Waals surface area contributed by atoms with E-state index in [0.717, 1.165) is 24.0 Å². The predicted molar refractivity (Wildman–Crippen MR) is 111 cm³/mol. The number of nitrogens with zero attached hydrogens (tertiary/aromatic N) is 1. The van der Waals surface area contributed by atoms with Gasteiger partial charge in [-0.15, -0.1) is 0 Å². The molecule has 7 nitrogen and oxygen atoms in total. The first kappa shape index (κ1) is 20.7. The number of hydrogen-bond acceptors (Lipinski definition) is 5. The third kappa shape index (κ3) is 4.64. The standard InChI is InChI=1S/C21H17F2N3O4S/c1-31(28,29)11-12-6-13(7-14-10-25-19-16(14)4-5-24-20(19)27)21(26-9-12)30-18-3-2-15(22)8-17(18)23/h2-6,8-10,25H,7,11H2,1H3,(H,24,27). The van der Waals surface area contributed by atoms with E-state index in [1.807, 2.05) is 0 Å². The molecule has 0 saturated carbocycles. The molecule has 0 radical (unpaired) electrons. The van der Waals surface area contributed by atoms with E-state index in [2.05, 4.69) is 15.0 Å². The van der Waals surface area contributed by atoms with E-state index in [0.29, 0.717) is 28.1 Å². The minimum absolute atomic E-state index is 0.0435. The molecule has 0 saturated heterocycles. The maximum Gasteiger partial charge on any atom is 0.272 e. The minimum Gasteiger partial charge on any atom is -0.436 e. The number of fused-ring (bicyclic) bond motifs is 1. The van der Waals surface area contributed by atoms with E-state index in [1.165, 1.54) is 12.4 Å². The fourth-order valence-electron chi connectivity index (χ4n) is 3.29. The average molecular weight is 445 g/mol. The number of aromatic nitrogens is 3. The number of rotatable bonds is 6. The van der Waals surface area contributed by atoms with E-state index in [9.17, 15) is 22.0 Å². The van der Waals surface area contributed by atoms with Gasteiger partial charge in [-0.3, -0.25) is 4.79 Å². The fourth-order valence-corrected chi connectivity index (χ4v) is 4.05. The molecule has 1 aromatic carbocycles. The van der Waals surface area contributed by atoms with Crippen molar-refractivity contribution in [3.8, 4) is 11.6 Å². The monoisotopic (exact) mass is 445 g/mol. The number of benzene rings is 1. The number of sulfone groups is 1. The fraction of sp³-hybridized carbons (Fsp3) is 0.143. The molecule has 3 heterocycles. The largest absolute Gasteiger partial charge is 0.436 e. The third-order valence-electron chi connectivity index (χ3n) is 4.59. The van der Waals surface area contributed by atoms with Crippen LogP contribution in [0.5, 0.6) is 11.6 Å². The number of nitrogens with one attached hydrogen (secondary N) is 2. The number of halogens is 2. The van der Waals surface area contributed by atoms with Crippen LogP contribution >= 0.6 is 0 Å². The van der Waals surface area contributed by atoms with E-state index in [4.69, 9.17) is 4.74 Å². The summed E-state index contributed by atoms with van der Waals surface area (Å²) in [5.41, 5.74) is 1.76. The summed E-state index contributed by atoms with van der Waals surface area (Å²) in [7, 11) is -3.31. The predicted octanol–water partition coefficient (Wildman–Crippen LogP) is 3.46. The van der Waals surface area contributed by atoms with Crippen molar-refractivity contribution >= 4 is 20.7 Å². The number of ether oxygens (including phenoxy) is 1. The van der Waals surface area contributed by atoms with Gasteiger partial charge in [-0.25, -0.2) is 22.2 Å². The Morgan fingerprint density at radius 3 is 2.65 bits per heavy atom. The molecule has 0 bridgehead atoms. The van der Waals surface area contributed by atoms with Crippen LogP contribution in [0.1, 0.15) is 16.7 Å². The molecule has 0 aliphatic rings. The van der Waals surface area contributed by atoms with Crippen molar-refractivity contribution in [2.75, 3.05) is 6.26 Å². The van der Waals surface area contributed by atoms with Gasteiger partial charge >= 0.3 is 0 Å². The van der Waals surface area contributed by atoms with Gasteiger partial charge in [0.1, 0.15) is 11.3 Å². The van der Waals surface area contributed by atoms with E-state index >= 15 is 0 Å².